The van der Waals surface area contributed by atoms with E-state index in [4.69, 9.17) is 0 Å². The summed E-state index contributed by atoms with van der Waals surface area (Å²) in [6.45, 7) is 0.381. The molecule has 27 heavy (non-hydrogen) atoms. The van der Waals surface area contributed by atoms with Crippen molar-refractivity contribution in [2.75, 3.05) is 0 Å². The molecule has 6 heteroatoms. The lowest BCUT2D eigenvalue weighted by Crippen LogP contribution is -2.47. The molecular formula is C21H27N3O2S. The van der Waals surface area contributed by atoms with Crippen LogP contribution in [0.15, 0.2) is 41.2 Å². The van der Waals surface area contributed by atoms with Gasteiger partial charge in [0.15, 0.2) is 0 Å². The second-order valence-electron chi connectivity index (χ2n) is 7.20. The summed E-state index contributed by atoms with van der Waals surface area (Å²) in [6.07, 6.45) is 6.92. The van der Waals surface area contributed by atoms with E-state index >= 15 is 0 Å². The molecule has 1 atom stereocenters. The summed E-state index contributed by atoms with van der Waals surface area (Å²) in [4.78, 5) is 29.3. The van der Waals surface area contributed by atoms with Crippen molar-refractivity contribution >= 4 is 23.2 Å². The first kappa shape index (κ1) is 19.5. The fraction of sp³-hybridized carbons (Fsp3) is 0.476. The van der Waals surface area contributed by atoms with Crippen LogP contribution in [0.1, 0.15) is 49.8 Å². The van der Waals surface area contributed by atoms with E-state index in [2.05, 4.69) is 15.6 Å². The van der Waals surface area contributed by atoms with Crippen LogP contribution < -0.4 is 10.6 Å². The Morgan fingerprint density at radius 3 is 2.67 bits per heavy atom. The number of nitrogens with one attached hydrogen (secondary N) is 2. The zero-order valence-corrected chi connectivity index (χ0v) is 16.3. The standard InChI is InChI=1S/C21H27N3O2S/c25-20(11-10-16-6-4-5-7-16)24-19(12-17-8-2-1-3-9-17)21(26)22-13-18-14-27-15-23-18/h1-3,8-9,14-16,19H,4-7,10-13H2,(H,22,26)(H,24,25)/t19-/m1/s1. The number of carbonyl (C=O) groups is 2. The van der Waals surface area contributed by atoms with Gasteiger partial charge in [-0.05, 0) is 17.9 Å². The molecular weight excluding hydrogens is 358 g/mol. The molecule has 5 nitrogen and oxygen atoms in total. The molecule has 0 saturated heterocycles. The Bertz CT molecular complexity index is 712. The van der Waals surface area contributed by atoms with Crippen LogP contribution in [0.4, 0.5) is 0 Å². The molecule has 144 valence electrons. The zero-order chi connectivity index (χ0) is 18.9. The van der Waals surface area contributed by atoms with Crippen molar-refractivity contribution in [1.82, 2.24) is 15.6 Å². The summed E-state index contributed by atoms with van der Waals surface area (Å²) in [6, 6.07) is 9.22. The highest BCUT2D eigenvalue weighted by molar-refractivity contribution is 7.07. The van der Waals surface area contributed by atoms with Gasteiger partial charge >= 0.3 is 0 Å². The van der Waals surface area contributed by atoms with Crippen molar-refractivity contribution in [2.45, 2.75) is 57.5 Å². The number of hydrogen-bond donors (Lipinski definition) is 2. The SMILES string of the molecule is O=C(CCC1CCCC1)N[C@H](Cc1ccccc1)C(=O)NCc1cscn1. The van der Waals surface area contributed by atoms with Crippen molar-refractivity contribution in [3.8, 4) is 0 Å². The van der Waals surface area contributed by atoms with Crippen LogP contribution in [0, 0.1) is 5.92 Å². The van der Waals surface area contributed by atoms with E-state index in [-0.39, 0.29) is 11.8 Å². The Morgan fingerprint density at radius 2 is 1.96 bits per heavy atom. The highest BCUT2D eigenvalue weighted by atomic mass is 32.1. The van der Waals surface area contributed by atoms with Gasteiger partial charge in [0.05, 0.1) is 17.7 Å². The monoisotopic (exact) mass is 385 g/mol. The molecule has 1 aliphatic rings. The van der Waals surface area contributed by atoms with Crippen molar-refractivity contribution in [3.05, 3.63) is 52.5 Å². The number of benzene rings is 1. The van der Waals surface area contributed by atoms with Gasteiger partial charge in [0.25, 0.3) is 0 Å². The minimum Gasteiger partial charge on any atom is -0.349 e. The van der Waals surface area contributed by atoms with Gasteiger partial charge in [-0.1, -0.05) is 56.0 Å². The molecule has 1 aromatic heterocycles. The average Bonchev–Trinajstić information content (AvgIpc) is 3.38. The minimum absolute atomic E-state index is 0.0355. The Hall–Kier alpha value is -2.21. The quantitative estimate of drug-likeness (QED) is 0.694. The smallest absolute Gasteiger partial charge is 0.243 e. The maximum Gasteiger partial charge on any atom is 0.243 e. The lowest BCUT2D eigenvalue weighted by Gasteiger charge is -2.19. The third kappa shape index (κ3) is 6.47. The van der Waals surface area contributed by atoms with Crippen LogP contribution in [0.25, 0.3) is 0 Å². The van der Waals surface area contributed by atoms with Crippen molar-refractivity contribution in [1.29, 1.82) is 0 Å². The topological polar surface area (TPSA) is 71.1 Å². The lowest BCUT2D eigenvalue weighted by atomic mass is 10.0. The van der Waals surface area contributed by atoms with E-state index < -0.39 is 6.04 Å². The van der Waals surface area contributed by atoms with Crippen LogP contribution in [0.5, 0.6) is 0 Å². The number of rotatable bonds is 9. The van der Waals surface area contributed by atoms with E-state index in [1.54, 1.807) is 5.51 Å². The maximum atomic E-state index is 12.7. The van der Waals surface area contributed by atoms with Gasteiger partial charge in [-0.2, -0.15) is 0 Å². The predicted molar refractivity (Wildman–Crippen MR) is 107 cm³/mol. The number of amides is 2. The van der Waals surface area contributed by atoms with Crippen molar-refractivity contribution in [2.24, 2.45) is 5.92 Å². The second-order valence-corrected chi connectivity index (χ2v) is 7.92. The summed E-state index contributed by atoms with van der Waals surface area (Å²) in [7, 11) is 0. The molecule has 0 spiro atoms. The number of hydrogen-bond acceptors (Lipinski definition) is 4. The van der Waals surface area contributed by atoms with Gasteiger partial charge in [0.1, 0.15) is 6.04 Å². The molecule has 0 aliphatic heterocycles. The number of aromatic nitrogens is 1. The van der Waals surface area contributed by atoms with Crippen LogP contribution in [-0.4, -0.2) is 22.8 Å². The summed E-state index contributed by atoms with van der Waals surface area (Å²) in [5.74, 6) is 0.467. The van der Waals surface area contributed by atoms with E-state index in [0.29, 0.717) is 25.3 Å². The first-order valence-electron chi connectivity index (χ1n) is 9.69. The largest absolute Gasteiger partial charge is 0.349 e. The Balaban J connectivity index is 1.55. The Morgan fingerprint density at radius 1 is 1.19 bits per heavy atom. The fourth-order valence-electron chi connectivity index (χ4n) is 3.59. The third-order valence-electron chi connectivity index (χ3n) is 5.12. The zero-order valence-electron chi connectivity index (χ0n) is 15.5. The molecule has 1 heterocycles. The summed E-state index contributed by atoms with van der Waals surface area (Å²) >= 11 is 1.50. The summed E-state index contributed by atoms with van der Waals surface area (Å²) < 4.78 is 0. The van der Waals surface area contributed by atoms with Crippen LogP contribution in [0.2, 0.25) is 0 Å². The molecule has 1 aromatic carbocycles. The van der Waals surface area contributed by atoms with Crippen molar-refractivity contribution < 1.29 is 9.59 Å². The molecule has 0 unspecified atom stereocenters. The highest BCUT2D eigenvalue weighted by Crippen LogP contribution is 2.28. The van der Waals surface area contributed by atoms with Crippen LogP contribution >= 0.6 is 11.3 Å². The van der Waals surface area contributed by atoms with E-state index in [1.165, 1.54) is 37.0 Å². The molecule has 1 saturated carbocycles. The number of nitrogens with zero attached hydrogens (tertiary/aromatic N) is 1. The third-order valence-corrected chi connectivity index (χ3v) is 5.75. The minimum atomic E-state index is -0.567. The Kier molecular flexibility index (Phi) is 7.39. The summed E-state index contributed by atoms with van der Waals surface area (Å²) in [5, 5.41) is 7.76. The van der Waals surface area contributed by atoms with Gasteiger partial charge in [-0.25, -0.2) is 4.98 Å². The van der Waals surface area contributed by atoms with Crippen LogP contribution in [-0.2, 0) is 22.6 Å². The molecule has 1 fully saturated rings. The molecule has 2 aromatic rings. The molecule has 2 amide bonds. The molecule has 2 N–H and O–H groups in total. The van der Waals surface area contributed by atoms with Gasteiger partial charge < -0.3 is 10.6 Å². The highest BCUT2D eigenvalue weighted by Gasteiger charge is 2.22. The second kappa shape index (κ2) is 10.2. The Labute approximate surface area is 164 Å². The van der Waals surface area contributed by atoms with E-state index in [0.717, 1.165) is 17.7 Å². The summed E-state index contributed by atoms with van der Waals surface area (Å²) in [5.41, 5.74) is 3.61. The van der Waals surface area contributed by atoms with Crippen molar-refractivity contribution in [3.63, 3.8) is 0 Å². The average molecular weight is 386 g/mol. The van der Waals surface area contributed by atoms with Crippen LogP contribution in [0.3, 0.4) is 0 Å². The van der Waals surface area contributed by atoms with E-state index in [9.17, 15) is 9.59 Å². The van der Waals surface area contributed by atoms with Gasteiger partial charge in [0, 0.05) is 18.2 Å². The van der Waals surface area contributed by atoms with E-state index in [1.807, 2.05) is 35.7 Å². The number of carbonyl (C=O) groups excluding carboxylic acids is 2. The maximum absolute atomic E-state index is 12.7. The normalized spacial score (nSPS) is 15.4. The lowest BCUT2D eigenvalue weighted by molar-refractivity contribution is -0.129. The van der Waals surface area contributed by atoms with Gasteiger partial charge in [0.2, 0.25) is 11.8 Å². The first-order chi connectivity index (χ1) is 13.2. The first-order valence-corrected chi connectivity index (χ1v) is 10.6. The molecule has 0 radical (unpaired) electrons. The fourth-order valence-corrected chi connectivity index (χ4v) is 4.14. The molecule has 3 rings (SSSR count). The number of thiazole rings is 1. The van der Waals surface area contributed by atoms with Gasteiger partial charge in [-0.15, -0.1) is 11.3 Å². The molecule has 1 aliphatic carbocycles. The predicted octanol–water partition coefficient (Wildman–Crippen LogP) is 3.46. The van der Waals surface area contributed by atoms with Gasteiger partial charge in [-0.3, -0.25) is 9.59 Å². The molecule has 0 bridgehead atoms.